The van der Waals surface area contributed by atoms with Crippen LogP contribution in [0.15, 0.2) is 12.5 Å². The molecule has 0 bridgehead atoms. The molecular weight excluding hydrogens is 450 g/mol. The quantitative estimate of drug-likeness (QED) is 0.333. The van der Waals surface area contributed by atoms with Crippen LogP contribution in [0, 0.1) is 22.2 Å². The van der Waals surface area contributed by atoms with Gasteiger partial charge in [-0.05, 0) is 75.2 Å². The zero-order valence-electron chi connectivity index (χ0n) is 26.1. The van der Waals surface area contributed by atoms with Crippen LogP contribution in [0.5, 0.6) is 0 Å². The van der Waals surface area contributed by atoms with Gasteiger partial charge in [-0.2, -0.15) is 0 Å². The fourth-order valence-electron chi connectivity index (χ4n) is 4.56. The fraction of sp³-hybridized carbons (Fsp3) is 0.935. The average molecular weight is 512 g/mol. The van der Waals surface area contributed by atoms with Crippen molar-refractivity contribution in [1.29, 1.82) is 0 Å². The first-order valence-corrected chi connectivity index (χ1v) is 14.2. The van der Waals surface area contributed by atoms with Crippen LogP contribution in [0.25, 0.3) is 0 Å². The van der Waals surface area contributed by atoms with Gasteiger partial charge in [0.05, 0.1) is 18.8 Å². The Kier molecular flexibility index (Phi) is 12.8. The van der Waals surface area contributed by atoms with Crippen molar-refractivity contribution in [2.75, 3.05) is 39.6 Å². The predicted octanol–water partition coefficient (Wildman–Crippen LogP) is 7.69. The molecule has 0 aliphatic carbocycles. The summed E-state index contributed by atoms with van der Waals surface area (Å²) in [5.41, 5.74) is 1.35. The van der Waals surface area contributed by atoms with Gasteiger partial charge in [0.15, 0.2) is 5.88 Å². The molecule has 0 spiro atoms. The second-order valence-electron chi connectivity index (χ2n) is 14.9. The van der Waals surface area contributed by atoms with Gasteiger partial charge < -0.3 is 23.8 Å². The predicted molar refractivity (Wildman–Crippen MR) is 152 cm³/mol. The standard InChI is InChI=1S/C8H15NO.2C8H16O.C7H14O/c1-7-9(5-6-10-7)8(2,3)4;1-8(2,3)7-4-5-9-6-7;1-8(2,3)7-5-4-6-9-7;1-7(2,3)6-4-5-8-6/h1,5-6H2,2-4H3;2*7H,4-6H2,1-3H3;6H,4-5H2,1-3H3/t;2*7-;6-/m.100/s1. The molecule has 0 unspecified atom stereocenters. The number of hydrogen-bond acceptors (Lipinski definition) is 5. The lowest BCUT2D eigenvalue weighted by Crippen LogP contribution is -2.38. The maximum absolute atomic E-state index is 5.52. The third-order valence-corrected chi connectivity index (χ3v) is 7.41. The summed E-state index contributed by atoms with van der Waals surface area (Å²) in [7, 11) is 0. The van der Waals surface area contributed by atoms with Crippen LogP contribution in [-0.4, -0.2) is 62.2 Å². The van der Waals surface area contributed by atoms with Crippen molar-refractivity contribution >= 4 is 0 Å². The van der Waals surface area contributed by atoms with E-state index >= 15 is 0 Å². The Hall–Kier alpha value is -0.780. The highest BCUT2D eigenvalue weighted by atomic mass is 16.5. The minimum atomic E-state index is 0.160. The number of rotatable bonds is 0. The molecule has 0 aromatic heterocycles. The summed E-state index contributed by atoms with van der Waals surface area (Å²) >= 11 is 0. The fourth-order valence-corrected chi connectivity index (χ4v) is 4.56. The van der Waals surface area contributed by atoms with Gasteiger partial charge in [0.1, 0.15) is 6.61 Å². The highest BCUT2D eigenvalue weighted by molar-refractivity contribution is 4.95. The summed E-state index contributed by atoms with van der Waals surface area (Å²) in [5.74, 6) is 1.60. The Bertz CT molecular complexity index is 591. The zero-order chi connectivity index (χ0) is 27.8. The molecule has 214 valence electrons. The first-order valence-electron chi connectivity index (χ1n) is 14.2. The van der Waals surface area contributed by atoms with E-state index in [1.807, 2.05) is 0 Å². The van der Waals surface area contributed by atoms with Crippen LogP contribution in [0.2, 0.25) is 0 Å². The monoisotopic (exact) mass is 511 g/mol. The molecule has 5 nitrogen and oxygen atoms in total. The highest BCUT2D eigenvalue weighted by Crippen LogP contribution is 2.32. The van der Waals surface area contributed by atoms with Crippen LogP contribution in [0.1, 0.15) is 109 Å². The molecule has 3 atom stereocenters. The normalized spacial score (nSPS) is 26.5. The van der Waals surface area contributed by atoms with Crippen molar-refractivity contribution in [1.82, 2.24) is 4.90 Å². The van der Waals surface area contributed by atoms with E-state index < -0.39 is 0 Å². The number of hydrogen-bond donors (Lipinski definition) is 0. The minimum Gasteiger partial charge on any atom is -0.478 e. The van der Waals surface area contributed by atoms with Crippen molar-refractivity contribution in [2.45, 2.75) is 127 Å². The summed E-state index contributed by atoms with van der Waals surface area (Å²) < 4.78 is 21.3. The average Bonchev–Trinajstić information content (AvgIpc) is 3.41. The molecule has 4 aliphatic heterocycles. The van der Waals surface area contributed by atoms with E-state index in [0.717, 1.165) is 51.4 Å². The topological polar surface area (TPSA) is 40.2 Å². The summed E-state index contributed by atoms with van der Waals surface area (Å²) in [6.45, 7) is 36.2. The van der Waals surface area contributed by atoms with E-state index in [4.69, 9.17) is 18.9 Å². The third-order valence-electron chi connectivity index (χ3n) is 7.41. The van der Waals surface area contributed by atoms with Crippen LogP contribution < -0.4 is 0 Å². The minimum absolute atomic E-state index is 0.160. The molecule has 4 saturated heterocycles. The van der Waals surface area contributed by atoms with Crippen molar-refractivity contribution in [2.24, 2.45) is 22.2 Å². The lowest BCUT2D eigenvalue weighted by Gasteiger charge is -2.37. The molecule has 0 radical (unpaired) electrons. The van der Waals surface area contributed by atoms with E-state index in [-0.39, 0.29) is 5.54 Å². The van der Waals surface area contributed by atoms with Crippen molar-refractivity contribution in [3.8, 4) is 0 Å². The Morgan fingerprint density at radius 1 is 0.667 bits per heavy atom. The van der Waals surface area contributed by atoms with Gasteiger partial charge in [-0.15, -0.1) is 0 Å². The van der Waals surface area contributed by atoms with E-state index in [1.165, 1.54) is 25.7 Å². The molecular formula is C31H61NO4. The smallest absolute Gasteiger partial charge is 0.182 e. The second-order valence-corrected chi connectivity index (χ2v) is 14.9. The lowest BCUT2D eigenvalue weighted by molar-refractivity contribution is -0.109. The number of ether oxygens (including phenoxy) is 4. The van der Waals surface area contributed by atoms with Crippen molar-refractivity contribution < 1.29 is 18.9 Å². The summed E-state index contributed by atoms with van der Waals surface area (Å²) in [4.78, 5) is 2.17. The molecule has 0 N–H and O–H groups in total. The van der Waals surface area contributed by atoms with Crippen LogP contribution in [0.4, 0.5) is 0 Å². The lowest BCUT2D eigenvalue weighted by atomic mass is 9.80. The van der Waals surface area contributed by atoms with Crippen LogP contribution in [-0.2, 0) is 18.9 Å². The van der Waals surface area contributed by atoms with Gasteiger partial charge in [-0.1, -0.05) is 62.3 Å². The second kappa shape index (κ2) is 13.8. The Labute approximate surface area is 224 Å². The molecule has 4 fully saturated rings. The van der Waals surface area contributed by atoms with Gasteiger partial charge >= 0.3 is 0 Å². The Morgan fingerprint density at radius 2 is 1.19 bits per heavy atom. The molecule has 4 heterocycles. The molecule has 0 saturated carbocycles. The third kappa shape index (κ3) is 12.2. The van der Waals surface area contributed by atoms with E-state index in [1.54, 1.807) is 0 Å². The molecule has 0 amide bonds. The largest absolute Gasteiger partial charge is 0.478 e. The molecule has 5 heteroatoms. The first kappa shape index (κ1) is 33.2. The summed E-state index contributed by atoms with van der Waals surface area (Å²) in [6.07, 6.45) is 6.05. The molecule has 4 rings (SSSR count). The van der Waals surface area contributed by atoms with Gasteiger partial charge in [0.25, 0.3) is 0 Å². The maximum atomic E-state index is 5.52. The Balaban J connectivity index is 0.000000241. The summed E-state index contributed by atoms with van der Waals surface area (Å²) in [6, 6.07) is 0. The van der Waals surface area contributed by atoms with Gasteiger partial charge in [-0.25, -0.2) is 0 Å². The zero-order valence-corrected chi connectivity index (χ0v) is 26.1. The summed E-state index contributed by atoms with van der Waals surface area (Å²) in [5, 5.41) is 0. The first-order chi connectivity index (χ1) is 16.3. The van der Waals surface area contributed by atoms with E-state index in [0.29, 0.717) is 28.5 Å². The van der Waals surface area contributed by atoms with E-state index in [9.17, 15) is 0 Å². The van der Waals surface area contributed by atoms with Gasteiger partial charge in [0, 0.05) is 32.0 Å². The van der Waals surface area contributed by atoms with Crippen LogP contribution in [0.3, 0.4) is 0 Å². The van der Waals surface area contributed by atoms with Gasteiger partial charge in [-0.3, -0.25) is 0 Å². The van der Waals surface area contributed by atoms with Crippen LogP contribution >= 0.6 is 0 Å². The molecule has 0 aromatic carbocycles. The van der Waals surface area contributed by atoms with E-state index in [2.05, 4.69) is 94.6 Å². The molecule has 4 aliphatic rings. The molecule has 0 aromatic rings. The SMILES string of the molecule is C=C1OCCN1C(C)(C)C.CC(C)(C)[C@@H]1CCCO1.CC(C)(C)[C@@H]1CCO1.CC(C)(C)[C@@H]1CCOC1. The van der Waals surface area contributed by atoms with Crippen molar-refractivity contribution in [3.63, 3.8) is 0 Å². The molecule has 36 heavy (non-hydrogen) atoms. The maximum Gasteiger partial charge on any atom is 0.182 e. The van der Waals surface area contributed by atoms with Crippen molar-refractivity contribution in [3.05, 3.63) is 12.5 Å². The Morgan fingerprint density at radius 3 is 1.36 bits per heavy atom. The number of nitrogens with zero attached hydrogens (tertiary/aromatic N) is 1. The van der Waals surface area contributed by atoms with Gasteiger partial charge in [0.2, 0.25) is 0 Å². The highest BCUT2D eigenvalue weighted by Gasteiger charge is 2.31.